The lowest BCUT2D eigenvalue weighted by Gasteiger charge is -2.39. The first-order chi connectivity index (χ1) is 13.2. The van der Waals surface area contributed by atoms with Gasteiger partial charge in [-0.05, 0) is 37.5 Å². The fourth-order valence-corrected chi connectivity index (χ4v) is 3.96. The molecule has 1 unspecified atom stereocenters. The predicted octanol–water partition coefficient (Wildman–Crippen LogP) is 2.28. The molecule has 1 aliphatic carbocycles. The number of amides is 4. The molecule has 2 fully saturated rings. The van der Waals surface area contributed by atoms with Crippen molar-refractivity contribution in [2.45, 2.75) is 50.1 Å². The van der Waals surface area contributed by atoms with Gasteiger partial charge >= 0.3 is 6.03 Å². The minimum atomic E-state index is -1.37. The van der Waals surface area contributed by atoms with Gasteiger partial charge in [0.1, 0.15) is 23.4 Å². The van der Waals surface area contributed by atoms with Gasteiger partial charge in [-0.2, -0.15) is 5.26 Å². The molecule has 1 aromatic rings. The standard InChI is InChI=1S/C20H23FN4O3/c1-19(14-6-8-15(21)9-7-14)17(27)25(18(28)23-19)12-16(26)24(2)20(13-22)10-4-3-5-11-20/h6-9H,3-5,10-12H2,1-2H3,(H,23,28). The number of nitriles is 1. The highest BCUT2D eigenvalue weighted by atomic mass is 19.1. The summed E-state index contributed by atoms with van der Waals surface area (Å²) in [5.41, 5.74) is -1.84. The molecule has 8 heteroatoms. The molecule has 1 aliphatic heterocycles. The van der Waals surface area contributed by atoms with Gasteiger partial charge in [-0.1, -0.05) is 31.4 Å². The van der Waals surface area contributed by atoms with Crippen molar-refractivity contribution >= 4 is 17.8 Å². The van der Waals surface area contributed by atoms with Crippen LogP contribution in [-0.4, -0.2) is 46.8 Å². The number of nitrogens with zero attached hydrogens (tertiary/aromatic N) is 3. The van der Waals surface area contributed by atoms with Crippen molar-refractivity contribution in [2.75, 3.05) is 13.6 Å². The quantitative estimate of drug-likeness (QED) is 0.804. The maximum atomic E-state index is 13.2. The topological polar surface area (TPSA) is 93.5 Å². The number of rotatable bonds is 4. The zero-order valence-electron chi connectivity index (χ0n) is 16.0. The second-order valence-corrected chi connectivity index (χ2v) is 7.61. The molecular formula is C20H23FN4O3. The molecule has 1 saturated carbocycles. The van der Waals surface area contributed by atoms with Gasteiger partial charge in [0.15, 0.2) is 0 Å². The highest BCUT2D eigenvalue weighted by molar-refractivity contribution is 6.09. The van der Waals surface area contributed by atoms with E-state index in [1.54, 1.807) is 7.05 Å². The lowest BCUT2D eigenvalue weighted by Crippen LogP contribution is -2.53. The molecule has 0 bridgehead atoms. The van der Waals surface area contributed by atoms with Gasteiger partial charge in [0.25, 0.3) is 5.91 Å². The van der Waals surface area contributed by atoms with Crippen LogP contribution in [0.2, 0.25) is 0 Å². The molecule has 1 heterocycles. The third-order valence-corrected chi connectivity index (χ3v) is 5.89. The number of imide groups is 1. The van der Waals surface area contributed by atoms with E-state index in [0.717, 1.165) is 24.2 Å². The smallest absolute Gasteiger partial charge is 0.325 e. The van der Waals surface area contributed by atoms with Gasteiger partial charge in [0.2, 0.25) is 5.91 Å². The minimum Gasteiger partial charge on any atom is -0.325 e. The van der Waals surface area contributed by atoms with Crippen molar-refractivity contribution in [3.8, 4) is 6.07 Å². The number of urea groups is 1. The van der Waals surface area contributed by atoms with E-state index in [4.69, 9.17) is 0 Å². The summed E-state index contributed by atoms with van der Waals surface area (Å²) in [7, 11) is 1.55. The maximum Gasteiger partial charge on any atom is 0.325 e. The van der Waals surface area contributed by atoms with Crippen LogP contribution in [0.25, 0.3) is 0 Å². The van der Waals surface area contributed by atoms with E-state index in [1.165, 1.54) is 36.1 Å². The molecule has 0 radical (unpaired) electrons. The van der Waals surface area contributed by atoms with Crippen LogP contribution in [0.15, 0.2) is 24.3 Å². The van der Waals surface area contributed by atoms with Crippen LogP contribution in [-0.2, 0) is 15.1 Å². The van der Waals surface area contributed by atoms with E-state index >= 15 is 0 Å². The van der Waals surface area contributed by atoms with E-state index in [9.17, 15) is 24.0 Å². The first kappa shape index (κ1) is 19.8. The number of hydrogen-bond donors (Lipinski definition) is 1. The molecule has 1 aromatic carbocycles. The third kappa shape index (κ3) is 3.21. The van der Waals surface area contributed by atoms with Gasteiger partial charge in [-0.25, -0.2) is 9.18 Å². The van der Waals surface area contributed by atoms with Gasteiger partial charge in [-0.3, -0.25) is 14.5 Å². The second kappa shape index (κ2) is 7.23. The van der Waals surface area contributed by atoms with Crippen molar-refractivity contribution < 1.29 is 18.8 Å². The van der Waals surface area contributed by atoms with E-state index < -0.39 is 41.3 Å². The highest BCUT2D eigenvalue weighted by Gasteiger charge is 2.50. The van der Waals surface area contributed by atoms with Crippen LogP contribution in [0.3, 0.4) is 0 Å². The molecule has 148 valence electrons. The summed E-state index contributed by atoms with van der Waals surface area (Å²) < 4.78 is 13.2. The van der Waals surface area contributed by atoms with Crippen molar-refractivity contribution in [1.82, 2.24) is 15.1 Å². The van der Waals surface area contributed by atoms with Crippen molar-refractivity contribution in [1.29, 1.82) is 5.26 Å². The number of likely N-dealkylation sites (N-methyl/N-ethyl adjacent to an activating group) is 1. The Balaban J connectivity index is 1.78. The number of hydrogen-bond acceptors (Lipinski definition) is 4. The monoisotopic (exact) mass is 386 g/mol. The molecule has 0 spiro atoms. The van der Waals surface area contributed by atoms with Crippen LogP contribution in [0, 0.1) is 17.1 Å². The summed E-state index contributed by atoms with van der Waals surface area (Å²) in [6.07, 6.45) is 3.90. The summed E-state index contributed by atoms with van der Waals surface area (Å²) >= 11 is 0. The van der Waals surface area contributed by atoms with Crippen molar-refractivity contribution in [3.05, 3.63) is 35.6 Å². The largest absolute Gasteiger partial charge is 0.325 e. The van der Waals surface area contributed by atoms with Crippen LogP contribution in [0.5, 0.6) is 0 Å². The lowest BCUT2D eigenvalue weighted by molar-refractivity contribution is -0.141. The zero-order chi connectivity index (χ0) is 20.5. The van der Waals surface area contributed by atoms with E-state index in [1.807, 2.05) is 0 Å². The van der Waals surface area contributed by atoms with Gasteiger partial charge in [0.05, 0.1) is 6.07 Å². The Morgan fingerprint density at radius 3 is 2.43 bits per heavy atom. The first-order valence-corrected chi connectivity index (χ1v) is 9.31. The lowest BCUT2D eigenvalue weighted by atomic mass is 9.81. The molecule has 4 amide bonds. The molecule has 0 aromatic heterocycles. The Morgan fingerprint density at radius 2 is 1.86 bits per heavy atom. The minimum absolute atomic E-state index is 0.427. The number of benzene rings is 1. The number of carbonyl (C=O) groups excluding carboxylic acids is 3. The van der Waals surface area contributed by atoms with Crippen LogP contribution in [0.1, 0.15) is 44.6 Å². The van der Waals surface area contributed by atoms with Gasteiger partial charge in [-0.15, -0.1) is 0 Å². The molecule has 1 saturated heterocycles. The molecule has 7 nitrogen and oxygen atoms in total. The SMILES string of the molecule is CN(C(=O)CN1C(=O)NC(C)(c2ccc(F)cc2)C1=O)C1(C#N)CCCCC1. The summed E-state index contributed by atoms with van der Waals surface area (Å²) in [5.74, 6) is -1.50. The van der Waals surface area contributed by atoms with Gasteiger partial charge in [0, 0.05) is 7.05 Å². The van der Waals surface area contributed by atoms with Crippen molar-refractivity contribution in [2.24, 2.45) is 0 Å². The summed E-state index contributed by atoms with van der Waals surface area (Å²) in [6.45, 7) is 1.08. The van der Waals surface area contributed by atoms with Gasteiger partial charge < -0.3 is 10.2 Å². The molecular weight excluding hydrogens is 363 g/mol. The van der Waals surface area contributed by atoms with Crippen molar-refractivity contribution in [3.63, 3.8) is 0 Å². The van der Waals surface area contributed by atoms with E-state index in [-0.39, 0.29) is 0 Å². The fourth-order valence-electron chi connectivity index (χ4n) is 3.96. The normalized spacial score (nSPS) is 23.9. The Kier molecular flexibility index (Phi) is 5.11. The van der Waals surface area contributed by atoms with Crippen LogP contribution in [0.4, 0.5) is 9.18 Å². The number of nitrogens with one attached hydrogen (secondary N) is 1. The average Bonchev–Trinajstić information content (AvgIpc) is 2.92. The summed E-state index contributed by atoms with van der Waals surface area (Å²) in [5, 5.41) is 12.2. The first-order valence-electron chi connectivity index (χ1n) is 9.31. The van der Waals surface area contributed by atoms with E-state index in [2.05, 4.69) is 11.4 Å². The maximum absolute atomic E-state index is 13.2. The third-order valence-electron chi connectivity index (χ3n) is 5.89. The highest BCUT2D eigenvalue weighted by Crippen LogP contribution is 2.33. The van der Waals surface area contributed by atoms with Crippen LogP contribution < -0.4 is 5.32 Å². The molecule has 3 rings (SSSR count). The molecule has 1 N–H and O–H groups in total. The van der Waals surface area contributed by atoms with Crippen LogP contribution >= 0.6 is 0 Å². The molecule has 1 atom stereocenters. The fraction of sp³-hybridized carbons (Fsp3) is 0.500. The number of carbonyl (C=O) groups is 3. The second-order valence-electron chi connectivity index (χ2n) is 7.61. The Morgan fingerprint density at radius 1 is 1.25 bits per heavy atom. The zero-order valence-corrected chi connectivity index (χ0v) is 16.0. The predicted molar refractivity (Wildman–Crippen MR) is 98.2 cm³/mol. The Labute approximate surface area is 163 Å². The molecule has 28 heavy (non-hydrogen) atoms. The average molecular weight is 386 g/mol. The molecule has 2 aliphatic rings. The summed E-state index contributed by atoms with van der Waals surface area (Å²) in [6, 6.07) is 6.85. The number of halogens is 1. The Hall–Kier alpha value is -2.95. The van der Waals surface area contributed by atoms with E-state index in [0.29, 0.717) is 18.4 Å². The summed E-state index contributed by atoms with van der Waals surface area (Å²) in [4.78, 5) is 40.4. The Bertz CT molecular complexity index is 842.